The van der Waals surface area contributed by atoms with Gasteiger partial charge in [0.1, 0.15) is 5.69 Å². The minimum atomic E-state index is -4.44. The van der Waals surface area contributed by atoms with Crippen LogP contribution in [0.4, 0.5) is 24.5 Å². The number of amides is 1. The maximum absolute atomic E-state index is 12.9. The zero-order valence-electron chi connectivity index (χ0n) is 15.3. The van der Waals surface area contributed by atoms with E-state index in [-0.39, 0.29) is 24.5 Å². The molecule has 2 N–H and O–H groups in total. The van der Waals surface area contributed by atoms with Crippen molar-refractivity contribution >= 4 is 17.3 Å². The fourth-order valence-corrected chi connectivity index (χ4v) is 2.56. The fourth-order valence-electron chi connectivity index (χ4n) is 2.56. The third kappa shape index (κ3) is 5.45. The Morgan fingerprint density at radius 1 is 1.07 bits per heavy atom. The van der Waals surface area contributed by atoms with Crippen LogP contribution < -0.4 is 10.6 Å². The van der Waals surface area contributed by atoms with E-state index in [0.717, 1.165) is 12.1 Å². The van der Waals surface area contributed by atoms with Crippen molar-refractivity contribution in [1.82, 2.24) is 5.32 Å². The van der Waals surface area contributed by atoms with Crippen molar-refractivity contribution in [2.45, 2.75) is 25.4 Å². The van der Waals surface area contributed by atoms with Crippen molar-refractivity contribution in [3.8, 4) is 0 Å². The molecule has 0 unspecified atom stereocenters. The van der Waals surface area contributed by atoms with E-state index in [1.54, 1.807) is 26.0 Å². The van der Waals surface area contributed by atoms with Crippen LogP contribution in [-0.2, 0) is 16.4 Å². The molecule has 0 bridgehead atoms. The molecule has 0 saturated carbocycles. The summed E-state index contributed by atoms with van der Waals surface area (Å²) in [6.07, 6.45) is -4.44. The Labute approximate surface area is 159 Å². The summed E-state index contributed by atoms with van der Waals surface area (Å²) in [6, 6.07) is 10.9. The summed E-state index contributed by atoms with van der Waals surface area (Å²) in [5.41, 5.74) is -0.994. The number of carbonyl (C=O) groups is 1. The monoisotopic (exact) mass is 395 g/mol. The average Bonchev–Trinajstić information content (AvgIpc) is 2.64. The minimum Gasteiger partial charge on any atom is -0.371 e. The lowest BCUT2D eigenvalue weighted by Crippen LogP contribution is -2.39. The highest BCUT2D eigenvalue weighted by molar-refractivity contribution is 5.81. The Balaban J connectivity index is 1.98. The van der Waals surface area contributed by atoms with Gasteiger partial charge in [0.25, 0.3) is 5.69 Å². The number of nitro benzene ring substituents is 1. The summed E-state index contributed by atoms with van der Waals surface area (Å²) in [4.78, 5) is 22.5. The van der Waals surface area contributed by atoms with Crippen molar-refractivity contribution in [3.05, 3.63) is 69.8 Å². The summed E-state index contributed by atoms with van der Waals surface area (Å²) in [5, 5.41) is 16.3. The molecule has 0 fully saturated rings. The highest BCUT2D eigenvalue weighted by Gasteiger charge is 2.32. The van der Waals surface area contributed by atoms with E-state index in [0.29, 0.717) is 5.56 Å². The molecule has 6 nitrogen and oxygen atoms in total. The molecule has 1 amide bonds. The SMILES string of the molecule is CC(C)(CNC(=O)CNc1ccccc1[N+](=O)[O-])c1cccc(C(F)(F)F)c1. The van der Waals surface area contributed by atoms with Gasteiger partial charge in [0.05, 0.1) is 17.0 Å². The largest absolute Gasteiger partial charge is 0.416 e. The number of nitrogens with one attached hydrogen (secondary N) is 2. The predicted octanol–water partition coefficient (Wildman–Crippen LogP) is 4.12. The van der Waals surface area contributed by atoms with E-state index in [4.69, 9.17) is 0 Å². The van der Waals surface area contributed by atoms with Gasteiger partial charge in [-0.1, -0.05) is 44.2 Å². The third-order valence-corrected chi connectivity index (χ3v) is 4.24. The number of carbonyl (C=O) groups excluding carboxylic acids is 1. The summed E-state index contributed by atoms with van der Waals surface area (Å²) in [5.74, 6) is -0.432. The number of benzene rings is 2. The highest BCUT2D eigenvalue weighted by atomic mass is 19.4. The number of anilines is 1. The number of nitro groups is 1. The number of nitrogens with zero attached hydrogens (tertiary/aromatic N) is 1. The predicted molar refractivity (Wildman–Crippen MR) is 99.1 cm³/mol. The van der Waals surface area contributed by atoms with Crippen LogP contribution in [0, 0.1) is 10.1 Å². The van der Waals surface area contributed by atoms with Crippen LogP contribution in [-0.4, -0.2) is 23.9 Å². The van der Waals surface area contributed by atoms with Gasteiger partial charge in [-0.15, -0.1) is 0 Å². The highest BCUT2D eigenvalue weighted by Crippen LogP contribution is 2.32. The Kier molecular flexibility index (Phi) is 6.27. The molecular formula is C19H20F3N3O3. The van der Waals surface area contributed by atoms with Crippen LogP contribution >= 0.6 is 0 Å². The lowest BCUT2D eigenvalue weighted by molar-refractivity contribution is -0.383. The normalized spacial score (nSPS) is 11.8. The maximum Gasteiger partial charge on any atom is 0.416 e. The van der Waals surface area contributed by atoms with Gasteiger partial charge in [-0.3, -0.25) is 14.9 Å². The number of para-hydroxylation sites is 2. The van der Waals surface area contributed by atoms with Crippen molar-refractivity contribution in [2.24, 2.45) is 0 Å². The second-order valence-corrected chi connectivity index (χ2v) is 6.87. The van der Waals surface area contributed by atoms with Crippen LogP contribution in [0.15, 0.2) is 48.5 Å². The molecule has 0 aromatic heterocycles. The topological polar surface area (TPSA) is 84.3 Å². The van der Waals surface area contributed by atoms with Crippen LogP contribution in [0.1, 0.15) is 25.0 Å². The number of rotatable bonds is 7. The van der Waals surface area contributed by atoms with E-state index < -0.39 is 28.0 Å². The third-order valence-electron chi connectivity index (χ3n) is 4.24. The Bertz CT molecular complexity index is 867. The maximum atomic E-state index is 12.9. The molecule has 0 radical (unpaired) electrons. The van der Waals surface area contributed by atoms with Gasteiger partial charge in [0, 0.05) is 18.0 Å². The molecule has 0 aliphatic heterocycles. The van der Waals surface area contributed by atoms with Gasteiger partial charge >= 0.3 is 6.18 Å². The van der Waals surface area contributed by atoms with Gasteiger partial charge < -0.3 is 10.6 Å². The number of halogens is 3. The lowest BCUT2D eigenvalue weighted by Gasteiger charge is -2.26. The quantitative estimate of drug-likeness (QED) is 0.546. The Hall–Kier alpha value is -3.10. The molecule has 0 heterocycles. The molecule has 9 heteroatoms. The molecule has 0 atom stereocenters. The molecule has 28 heavy (non-hydrogen) atoms. The van der Waals surface area contributed by atoms with Crippen LogP contribution in [0.5, 0.6) is 0 Å². The molecule has 0 spiro atoms. The second-order valence-electron chi connectivity index (χ2n) is 6.87. The van der Waals surface area contributed by atoms with E-state index in [1.807, 2.05) is 0 Å². The molecule has 2 aromatic rings. The van der Waals surface area contributed by atoms with Crippen LogP contribution in [0.2, 0.25) is 0 Å². The Morgan fingerprint density at radius 2 is 1.71 bits per heavy atom. The van der Waals surface area contributed by atoms with Gasteiger partial charge in [-0.05, 0) is 17.7 Å². The van der Waals surface area contributed by atoms with Crippen molar-refractivity contribution < 1.29 is 22.9 Å². The van der Waals surface area contributed by atoms with E-state index in [2.05, 4.69) is 10.6 Å². The van der Waals surface area contributed by atoms with E-state index >= 15 is 0 Å². The first-order valence-corrected chi connectivity index (χ1v) is 8.42. The molecular weight excluding hydrogens is 375 g/mol. The second kappa shape index (κ2) is 8.28. The van der Waals surface area contributed by atoms with Gasteiger partial charge in [-0.25, -0.2) is 0 Å². The van der Waals surface area contributed by atoms with Crippen molar-refractivity contribution in [3.63, 3.8) is 0 Å². The number of alkyl halides is 3. The summed E-state index contributed by atoms with van der Waals surface area (Å²) in [7, 11) is 0. The van der Waals surface area contributed by atoms with Crippen LogP contribution in [0.25, 0.3) is 0 Å². The van der Waals surface area contributed by atoms with Gasteiger partial charge in [-0.2, -0.15) is 13.2 Å². The van der Waals surface area contributed by atoms with Gasteiger partial charge in [0.15, 0.2) is 0 Å². The summed E-state index contributed by atoms with van der Waals surface area (Å²) >= 11 is 0. The summed E-state index contributed by atoms with van der Waals surface area (Å²) < 4.78 is 38.7. The summed E-state index contributed by atoms with van der Waals surface area (Å²) in [6.45, 7) is 3.34. The molecule has 0 aliphatic rings. The van der Waals surface area contributed by atoms with Crippen molar-refractivity contribution in [2.75, 3.05) is 18.4 Å². The Morgan fingerprint density at radius 3 is 2.36 bits per heavy atom. The first-order chi connectivity index (χ1) is 13.0. The molecule has 2 aromatic carbocycles. The van der Waals surface area contributed by atoms with Crippen molar-refractivity contribution in [1.29, 1.82) is 0 Å². The smallest absolute Gasteiger partial charge is 0.371 e. The standard InChI is InChI=1S/C19H20F3N3O3/c1-18(2,13-6-5-7-14(10-13)19(20,21)22)12-24-17(26)11-23-15-8-3-4-9-16(15)25(27)28/h3-10,23H,11-12H2,1-2H3,(H,24,26). The average molecular weight is 395 g/mol. The molecule has 2 rings (SSSR count). The lowest BCUT2D eigenvalue weighted by atomic mass is 9.83. The first-order valence-electron chi connectivity index (χ1n) is 8.42. The molecule has 0 saturated heterocycles. The molecule has 150 valence electrons. The zero-order valence-corrected chi connectivity index (χ0v) is 15.3. The van der Waals surface area contributed by atoms with E-state index in [1.165, 1.54) is 24.3 Å². The minimum absolute atomic E-state index is 0.103. The zero-order chi connectivity index (χ0) is 20.9. The fraction of sp³-hybridized carbons (Fsp3) is 0.316. The van der Waals surface area contributed by atoms with Gasteiger partial charge in [0.2, 0.25) is 5.91 Å². The number of hydrogen-bond acceptors (Lipinski definition) is 4. The van der Waals surface area contributed by atoms with E-state index in [9.17, 15) is 28.1 Å². The molecule has 0 aliphatic carbocycles. The first kappa shape index (κ1) is 21.2. The number of hydrogen-bond donors (Lipinski definition) is 2. The van der Waals surface area contributed by atoms with Crippen LogP contribution in [0.3, 0.4) is 0 Å².